The second-order valence-electron chi connectivity index (χ2n) is 4.04. The van der Waals surface area contributed by atoms with Gasteiger partial charge >= 0.3 is 6.09 Å². The van der Waals surface area contributed by atoms with Crippen molar-refractivity contribution in [3.05, 3.63) is 48.6 Å². The lowest BCUT2D eigenvalue weighted by atomic mass is 10.2. The Bertz CT molecular complexity index is 515. The van der Waals surface area contributed by atoms with E-state index in [0.717, 1.165) is 5.56 Å². The minimum atomic E-state index is -0.729. The molecule has 0 heterocycles. The number of nitrogens with zero attached hydrogens (tertiary/aromatic N) is 1. The van der Waals surface area contributed by atoms with E-state index in [4.69, 9.17) is 4.74 Å². The van der Waals surface area contributed by atoms with Crippen molar-refractivity contribution < 1.29 is 14.3 Å². The van der Waals surface area contributed by atoms with E-state index in [1.54, 1.807) is 12.3 Å². The number of aliphatic imine (C=N–C) groups is 1. The summed E-state index contributed by atoms with van der Waals surface area (Å²) >= 11 is 1.17. The average molecular weight is 306 g/mol. The first-order valence-electron chi connectivity index (χ1n) is 6.39. The Hall–Kier alpha value is -2.08. The molecule has 2 amide bonds. The molecule has 21 heavy (non-hydrogen) atoms. The summed E-state index contributed by atoms with van der Waals surface area (Å²) in [5.74, 6) is -0.209. The molecule has 0 aliphatic heterocycles. The molecule has 1 aromatic rings. The van der Waals surface area contributed by atoms with Crippen molar-refractivity contribution >= 4 is 28.9 Å². The lowest BCUT2D eigenvalue weighted by Gasteiger charge is -2.06. The highest BCUT2D eigenvalue weighted by molar-refractivity contribution is 8.13. The summed E-state index contributed by atoms with van der Waals surface area (Å²) in [5, 5.41) is 2.78. The van der Waals surface area contributed by atoms with Gasteiger partial charge in [0.2, 0.25) is 5.91 Å². The maximum absolute atomic E-state index is 11.6. The highest BCUT2D eigenvalue weighted by Crippen LogP contribution is 2.03. The average Bonchev–Trinajstić information content (AvgIpc) is 2.51. The molecule has 0 saturated heterocycles. The van der Waals surface area contributed by atoms with Crippen LogP contribution in [0.25, 0.3) is 0 Å². The van der Waals surface area contributed by atoms with E-state index < -0.39 is 6.09 Å². The molecule has 1 rings (SSSR count). The van der Waals surface area contributed by atoms with Crippen LogP contribution in [0, 0.1) is 0 Å². The normalized spacial score (nSPS) is 10.8. The summed E-state index contributed by atoms with van der Waals surface area (Å²) in [7, 11) is 0. The van der Waals surface area contributed by atoms with E-state index >= 15 is 0 Å². The van der Waals surface area contributed by atoms with Crippen molar-refractivity contribution in [3.8, 4) is 0 Å². The Kier molecular flexibility index (Phi) is 7.89. The molecule has 0 atom stereocenters. The lowest BCUT2D eigenvalue weighted by molar-refractivity contribution is -0.119. The molecule has 0 fully saturated rings. The fourth-order valence-electron chi connectivity index (χ4n) is 1.37. The first-order valence-corrected chi connectivity index (χ1v) is 7.62. The van der Waals surface area contributed by atoms with Crippen LogP contribution in [0.1, 0.15) is 18.4 Å². The predicted molar refractivity (Wildman–Crippen MR) is 85.2 cm³/mol. The van der Waals surface area contributed by atoms with Gasteiger partial charge < -0.3 is 10.1 Å². The monoisotopic (exact) mass is 306 g/mol. The van der Waals surface area contributed by atoms with Gasteiger partial charge in [0, 0.05) is 6.42 Å². The third kappa shape index (κ3) is 7.31. The van der Waals surface area contributed by atoms with E-state index in [9.17, 15) is 9.59 Å². The molecule has 0 aromatic heterocycles. The van der Waals surface area contributed by atoms with Gasteiger partial charge in [-0.2, -0.15) is 4.99 Å². The number of benzene rings is 1. The van der Waals surface area contributed by atoms with Gasteiger partial charge in [-0.1, -0.05) is 48.2 Å². The van der Waals surface area contributed by atoms with Crippen LogP contribution in [0.2, 0.25) is 0 Å². The van der Waals surface area contributed by atoms with E-state index in [0.29, 0.717) is 12.8 Å². The summed E-state index contributed by atoms with van der Waals surface area (Å²) in [4.78, 5) is 26.8. The van der Waals surface area contributed by atoms with Crippen LogP contribution in [0.5, 0.6) is 0 Å². The van der Waals surface area contributed by atoms with Crippen molar-refractivity contribution in [1.82, 2.24) is 5.32 Å². The summed E-state index contributed by atoms with van der Waals surface area (Å²) in [6, 6.07) is 9.31. The fraction of sp³-hybridized carbons (Fsp3) is 0.267. The molecule has 0 unspecified atom stereocenters. The Morgan fingerprint density at radius 3 is 2.71 bits per heavy atom. The first-order chi connectivity index (χ1) is 10.2. The van der Waals surface area contributed by atoms with Crippen molar-refractivity contribution in [1.29, 1.82) is 0 Å². The Morgan fingerprint density at radius 2 is 2.10 bits per heavy atom. The van der Waals surface area contributed by atoms with E-state index in [1.165, 1.54) is 11.8 Å². The second kappa shape index (κ2) is 9.77. The van der Waals surface area contributed by atoms with Crippen LogP contribution >= 0.6 is 11.8 Å². The second-order valence-corrected chi connectivity index (χ2v) is 4.83. The number of rotatable bonds is 5. The zero-order valence-electron chi connectivity index (χ0n) is 11.9. The van der Waals surface area contributed by atoms with E-state index in [-0.39, 0.29) is 17.7 Å². The number of amidine groups is 1. The Labute approximate surface area is 128 Å². The number of allylic oxidation sites excluding steroid dienone is 1. The SMILES string of the molecule is C=CCCC(=O)NC(=NC(=O)OCc1ccccc1)SC. The minimum absolute atomic E-state index is 0.148. The molecular formula is C15H18N2O3S. The molecule has 1 aromatic carbocycles. The number of carbonyl (C=O) groups excluding carboxylic acids is 2. The molecule has 0 aliphatic carbocycles. The van der Waals surface area contributed by atoms with Crippen molar-refractivity contribution in [2.75, 3.05) is 6.26 Å². The van der Waals surface area contributed by atoms with Crippen molar-refractivity contribution in [3.63, 3.8) is 0 Å². The third-order valence-corrected chi connectivity index (χ3v) is 2.99. The largest absolute Gasteiger partial charge is 0.443 e. The molecule has 0 aliphatic rings. The van der Waals surface area contributed by atoms with E-state index in [1.807, 2.05) is 30.3 Å². The molecule has 0 bridgehead atoms. The molecule has 0 spiro atoms. The maximum Gasteiger partial charge on any atom is 0.436 e. The molecule has 112 valence electrons. The quantitative estimate of drug-likeness (QED) is 0.515. The fourth-order valence-corrected chi connectivity index (χ4v) is 1.76. The minimum Gasteiger partial charge on any atom is -0.443 e. The first kappa shape index (κ1) is 17.0. The van der Waals surface area contributed by atoms with Gasteiger partial charge in [0.15, 0.2) is 5.17 Å². The lowest BCUT2D eigenvalue weighted by Crippen LogP contribution is -2.28. The molecular weight excluding hydrogens is 288 g/mol. The smallest absolute Gasteiger partial charge is 0.436 e. The molecule has 1 N–H and O–H groups in total. The number of amides is 2. The van der Waals surface area contributed by atoms with Crippen LogP contribution in [-0.4, -0.2) is 23.4 Å². The zero-order chi connectivity index (χ0) is 15.5. The number of hydrogen-bond acceptors (Lipinski definition) is 4. The summed E-state index contributed by atoms with van der Waals surface area (Å²) < 4.78 is 5.02. The Morgan fingerprint density at radius 1 is 1.38 bits per heavy atom. The number of nitrogens with one attached hydrogen (secondary N) is 1. The molecule has 6 heteroatoms. The summed E-state index contributed by atoms with van der Waals surface area (Å²) in [5.41, 5.74) is 0.877. The topological polar surface area (TPSA) is 67.8 Å². The summed E-state index contributed by atoms with van der Waals surface area (Å²) in [6.45, 7) is 3.69. The van der Waals surface area contributed by atoms with Crippen LogP contribution in [-0.2, 0) is 16.1 Å². The van der Waals surface area contributed by atoms with Crippen LogP contribution in [0.3, 0.4) is 0 Å². The summed E-state index contributed by atoms with van der Waals surface area (Å²) in [6.07, 6.45) is 3.53. The van der Waals surface area contributed by atoms with Gasteiger partial charge in [-0.05, 0) is 18.2 Å². The van der Waals surface area contributed by atoms with Gasteiger partial charge in [-0.3, -0.25) is 4.79 Å². The maximum atomic E-state index is 11.6. The van der Waals surface area contributed by atoms with Gasteiger partial charge in [0.25, 0.3) is 0 Å². The van der Waals surface area contributed by atoms with Gasteiger partial charge in [0.1, 0.15) is 6.61 Å². The Balaban J connectivity index is 2.47. The standard InChI is InChI=1S/C15H18N2O3S/c1-3-4-10-13(18)16-14(21-2)17-15(19)20-11-12-8-6-5-7-9-12/h3,5-9H,1,4,10-11H2,2H3,(H,16,17,18,19). The van der Waals surface area contributed by atoms with Crippen LogP contribution in [0.15, 0.2) is 48.0 Å². The van der Waals surface area contributed by atoms with Crippen LogP contribution < -0.4 is 5.32 Å². The van der Waals surface area contributed by atoms with Gasteiger partial charge in [-0.15, -0.1) is 6.58 Å². The number of carbonyl (C=O) groups is 2. The van der Waals surface area contributed by atoms with Gasteiger partial charge in [-0.25, -0.2) is 4.79 Å². The molecule has 0 saturated carbocycles. The molecule has 0 radical (unpaired) electrons. The highest BCUT2D eigenvalue weighted by Gasteiger charge is 2.08. The molecule has 5 nitrogen and oxygen atoms in total. The predicted octanol–water partition coefficient (Wildman–Crippen LogP) is 3.12. The zero-order valence-corrected chi connectivity index (χ0v) is 12.7. The number of ether oxygens (including phenoxy) is 1. The third-order valence-electron chi connectivity index (χ3n) is 2.41. The van der Waals surface area contributed by atoms with Gasteiger partial charge in [0.05, 0.1) is 0 Å². The van der Waals surface area contributed by atoms with Crippen molar-refractivity contribution in [2.45, 2.75) is 19.4 Å². The van der Waals surface area contributed by atoms with Crippen molar-refractivity contribution in [2.24, 2.45) is 4.99 Å². The van der Waals surface area contributed by atoms with E-state index in [2.05, 4.69) is 16.9 Å². The number of thioether (sulfide) groups is 1. The highest BCUT2D eigenvalue weighted by atomic mass is 32.2. The van der Waals surface area contributed by atoms with Crippen LogP contribution in [0.4, 0.5) is 4.79 Å². The number of hydrogen-bond donors (Lipinski definition) is 1.